The van der Waals surface area contributed by atoms with E-state index in [0.29, 0.717) is 18.7 Å². The van der Waals surface area contributed by atoms with E-state index in [9.17, 15) is 8.42 Å². The molecule has 0 radical (unpaired) electrons. The molecule has 3 aromatic rings. The molecule has 0 saturated carbocycles. The van der Waals surface area contributed by atoms with Gasteiger partial charge >= 0.3 is 10.1 Å². The minimum absolute atomic E-state index is 0.0141. The monoisotopic (exact) mass is 534 g/mol. The lowest BCUT2D eigenvalue weighted by Crippen LogP contribution is -2.33. The van der Waals surface area contributed by atoms with Gasteiger partial charge in [-0.25, -0.2) is 0 Å². The molecule has 0 atom stereocenters. The molecule has 8 heteroatoms. The van der Waals surface area contributed by atoms with Crippen LogP contribution in [0.5, 0.6) is 17.2 Å². The van der Waals surface area contributed by atoms with E-state index in [0.717, 1.165) is 51.5 Å². The molecule has 0 fully saturated rings. The fourth-order valence-corrected chi connectivity index (χ4v) is 6.36. The van der Waals surface area contributed by atoms with Gasteiger partial charge in [0.1, 0.15) is 17.2 Å². The Kier molecular flexibility index (Phi) is 6.77. The first-order valence-electron chi connectivity index (χ1n) is 12.8. The molecule has 0 aliphatic carbocycles. The van der Waals surface area contributed by atoms with Crippen LogP contribution in [0.2, 0.25) is 0 Å². The zero-order chi connectivity index (χ0) is 27.1. The first kappa shape index (κ1) is 26.0. The highest BCUT2D eigenvalue weighted by Crippen LogP contribution is 2.51. The summed E-state index contributed by atoms with van der Waals surface area (Å²) in [7, 11) is -0.386. The molecule has 200 valence electrons. The molecule has 2 heterocycles. The second-order valence-electron chi connectivity index (χ2n) is 10.2. The fourth-order valence-electron chi connectivity index (χ4n) is 5.24. The number of unbranched alkanes of at least 4 members (excludes halogenated alkanes) is 1. The number of anilines is 2. The average molecular weight is 535 g/mol. The summed E-state index contributed by atoms with van der Waals surface area (Å²) < 4.78 is 41.5. The second kappa shape index (κ2) is 9.91. The van der Waals surface area contributed by atoms with E-state index in [4.69, 9.17) is 13.7 Å². The highest BCUT2D eigenvalue weighted by Gasteiger charge is 2.37. The van der Waals surface area contributed by atoms with Crippen molar-refractivity contribution in [1.29, 1.82) is 0 Å². The molecule has 0 spiro atoms. The van der Waals surface area contributed by atoms with Crippen LogP contribution in [0.1, 0.15) is 44.7 Å². The number of nitrogens with one attached hydrogen (secondary N) is 1. The summed E-state index contributed by atoms with van der Waals surface area (Å²) >= 11 is 0. The summed E-state index contributed by atoms with van der Waals surface area (Å²) in [5.74, 6) is 1.59. The Bertz CT molecular complexity index is 1510. The molecule has 2 aliphatic rings. The lowest BCUT2D eigenvalue weighted by Gasteiger charge is -2.33. The summed E-state index contributed by atoms with van der Waals surface area (Å²) in [6, 6.07) is 17.5. The van der Waals surface area contributed by atoms with Crippen LogP contribution < -0.4 is 23.9 Å². The molecule has 1 N–H and O–H groups in total. The molecule has 38 heavy (non-hydrogen) atoms. The Morgan fingerprint density at radius 3 is 2.45 bits per heavy atom. The molecule has 5 rings (SSSR count). The molecule has 0 aromatic heterocycles. The molecular weight excluding hydrogens is 500 g/mol. The minimum Gasteiger partial charge on any atom is -0.496 e. The number of para-hydroxylation sites is 2. The van der Waals surface area contributed by atoms with Gasteiger partial charge < -0.3 is 23.9 Å². The van der Waals surface area contributed by atoms with Crippen molar-refractivity contribution in [3.8, 4) is 28.4 Å². The van der Waals surface area contributed by atoms with E-state index in [1.54, 1.807) is 26.4 Å². The first-order chi connectivity index (χ1) is 18.2. The predicted octanol–water partition coefficient (Wildman–Crippen LogP) is 6.44. The average Bonchev–Trinajstić information content (AvgIpc) is 3.26. The first-order valence-corrected chi connectivity index (χ1v) is 14.4. The van der Waals surface area contributed by atoms with Crippen molar-refractivity contribution in [3.63, 3.8) is 0 Å². The molecule has 0 bridgehead atoms. The maximum absolute atomic E-state index is 12.4. The smallest absolute Gasteiger partial charge is 0.309 e. The van der Waals surface area contributed by atoms with Crippen LogP contribution in [0.25, 0.3) is 16.8 Å². The van der Waals surface area contributed by atoms with Crippen LogP contribution in [0.3, 0.4) is 0 Å². The van der Waals surface area contributed by atoms with Gasteiger partial charge in [-0.3, -0.25) is 0 Å². The SMILES string of the molecule is CCCCS(=O)(=O)Oc1ccc(-c2ccc3c4c2CN(c2ccccc2OC)C4=CC(C)(C)N3)c(OC)c1. The van der Waals surface area contributed by atoms with Gasteiger partial charge in [0.2, 0.25) is 0 Å². The van der Waals surface area contributed by atoms with E-state index in [1.807, 2.05) is 31.2 Å². The fraction of sp³-hybridized carbons (Fsp3) is 0.333. The largest absolute Gasteiger partial charge is 0.496 e. The molecule has 3 aromatic carbocycles. The van der Waals surface area contributed by atoms with Gasteiger partial charge in [-0.1, -0.05) is 31.5 Å². The van der Waals surface area contributed by atoms with E-state index in [-0.39, 0.29) is 17.0 Å². The van der Waals surface area contributed by atoms with Crippen molar-refractivity contribution in [2.24, 2.45) is 0 Å². The van der Waals surface area contributed by atoms with E-state index in [2.05, 4.69) is 48.3 Å². The van der Waals surface area contributed by atoms with Crippen LogP contribution in [0.15, 0.2) is 60.7 Å². The van der Waals surface area contributed by atoms with Crippen molar-refractivity contribution in [1.82, 2.24) is 0 Å². The summed E-state index contributed by atoms with van der Waals surface area (Å²) in [5.41, 5.74) is 7.17. The molecule has 0 amide bonds. The van der Waals surface area contributed by atoms with Gasteiger partial charge in [0.15, 0.2) is 0 Å². The number of hydrogen-bond acceptors (Lipinski definition) is 7. The third kappa shape index (κ3) is 4.80. The molecule has 7 nitrogen and oxygen atoms in total. The third-order valence-corrected chi connectivity index (χ3v) is 8.18. The number of rotatable bonds is 9. The van der Waals surface area contributed by atoms with Crippen molar-refractivity contribution in [2.75, 3.05) is 30.2 Å². The zero-order valence-corrected chi connectivity index (χ0v) is 23.3. The minimum atomic E-state index is -3.66. The van der Waals surface area contributed by atoms with Crippen LogP contribution in [-0.4, -0.2) is 33.9 Å². The number of methoxy groups -OCH3 is 2. The van der Waals surface area contributed by atoms with Gasteiger partial charge in [-0.2, -0.15) is 8.42 Å². The lowest BCUT2D eigenvalue weighted by molar-refractivity contribution is 0.413. The molecule has 0 unspecified atom stereocenters. The molecule has 0 saturated heterocycles. The third-order valence-electron chi connectivity index (χ3n) is 6.94. The second-order valence-corrected chi connectivity index (χ2v) is 11.9. The Hall–Kier alpha value is -3.65. The van der Waals surface area contributed by atoms with Gasteiger partial charge in [0.25, 0.3) is 0 Å². The highest BCUT2D eigenvalue weighted by molar-refractivity contribution is 7.87. The van der Waals surface area contributed by atoms with Gasteiger partial charge in [-0.05, 0) is 67.8 Å². The van der Waals surface area contributed by atoms with Gasteiger partial charge in [0.05, 0.1) is 31.2 Å². The van der Waals surface area contributed by atoms with E-state index >= 15 is 0 Å². The Morgan fingerprint density at radius 1 is 0.974 bits per heavy atom. The Morgan fingerprint density at radius 2 is 1.71 bits per heavy atom. The summed E-state index contributed by atoms with van der Waals surface area (Å²) in [6.07, 6.45) is 3.59. The van der Waals surface area contributed by atoms with Crippen LogP contribution >= 0.6 is 0 Å². The number of nitrogens with zero attached hydrogens (tertiary/aromatic N) is 1. The Balaban J connectivity index is 1.60. The Labute approximate surface area is 225 Å². The zero-order valence-electron chi connectivity index (χ0n) is 22.5. The summed E-state index contributed by atoms with van der Waals surface area (Å²) in [6.45, 7) is 6.91. The number of benzene rings is 3. The van der Waals surface area contributed by atoms with Crippen molar-refractivity contribution in [3.05, 3.63) is 71.8 Å². The van der Waals surface area contributed by atoms with Gasteiger partial charge in [-0.15, -0.1) is 0 Å². The summed E-state index contributed by atoms with van der Waals surface area (Å²) in [5, 5.41) is 3.65. The predicted molar refractivity (Wildman–Crippen MR) is 153 cm³/mol. The number of ether oxygens (including phenoxy) is 2. The van der Waals surface area contributed by atoms with Crippen LogP contribution in [-0.2, 0) is 16.7 Å². The highest BCUT2D eigenvalue weighted by atomic mass is 32.2. The standard InChI is InChI=1S/C30H34N2O5S/c1-6-7-16-38(33,34)37-20-12-13-22(28(17-20)36-5)21-14-15-24-29-23(21)19-32(26(29)18-30(2,3)31-24)25-10-8-9-11-27(25)35-4/h8-15,17-18,31H,6-7,16,19H2,1-5H3. The molecule has 2 aliphatic heterocycles. The molecular formula is C30H34N2O5S. The van der Waals surface area contributed by atoms with Crippen LogP contribution in [0.4, 0.5) is 11.4 Å². The summed E-state index contributed by atoms with van der Waals surface area (Å²) in [4.78, 5) is 2.29. The van der Waals surface area contributed by atoms with Gasteiger partial charge in [0, 0.05) is 35.1 Å². The van der Waals surface area contributed by atoms with Crippen molar-refractivity contribution >= 4 is 27.2 Å². The quantitative estimate of drug-likeness (QED) is 0.316. The van der Waals surface area contributed by atoms with Crippen molar-refractivity contribution < 1.29 is 22.1 Å². The lowest BCUT2D eigenvalue weighted by atomic mass is 9.89. The number of hydrogen-bond donors (Lipinski definition) is 1. The maximum Gasteiger partial charge on any atom is 0.309 e. The normalized spacial score (nSPS) is 15.4. The van der Waals surface area contributed by atoms with Crippen LogP contribution in [0, 0.1) is 0 Å². The maximum atomic E-state index is 12.4. The van der Waals surface area contributed by atoms with Crippen molar-refractivity contribution in [2.45, 2.75) is 45.7 Å². The topological polar surface area (TPSA) is 77.1 Å². The van der Waals surface area contributed by atoms with E-state index < -0.39 is 10.1 Å². The van der Waals surface area contributed by atoms with E-state index in [1.165, 1.54) is 0 Å².